The standard InChI is InChI=1S/C11H10FN3O/c1-8(9-2-4-10(12)5-3-9)15-7-13-14-11(15)6-16/h2-8H,1H3. The van der Waals surface area contributed by atoms with Gasteiger partial charge in [0.2, 0.25) is 0 Å². The highest BCUT2D eigenvalue weighted by molar-refractivity contribution is 5.68. The summed E-state index contributed by atoms with van der Waals surface area (Å²) in [5.41, 5.74) is 0.893. The summed E-state index contributed by atoms with van der Waals surface area (Å²) in [6, 6.07) is 6.02. The lowest BCUT2D eigenvalue weighted by molar-refractivity contribution is 0.111. The number of aldehydes is 1. The molecule has 82 valence electrons. The summed E-state index contributed by atoms with van der Waals surface area (Å²) in [6.45, 7) is 1.89. The molecule has 0 amide bonds. The number of rotatable bonds is 3. The van der Waals surface area contributed by atoms with Gasteiger partial charge in [-0.15, -0.1) is 10.2 Å². The van der Waals surface area contributed by atoms with Crippen molar-refractivity contribution in [3.8, 4) is 0 Å². The zero-order valence-corrected chi connectivity index (χ0v) is 8.67. The molecule has 2 rings (SSSR count). The lowest BCUT2D eigenvalue weighted by atomic mass is 10.1. The Morgan fingerprint density at radius 3 is 2.69 bits per heavy atom. The third-order valence-electron chi connectivity index (χ3n) is 2.48. The normalized spacial score (nSPS) is 12.4. The maximum absolute atomic E-state index is 12.8. The van der Waals surface area contributed by atoms with Gasteiger partial charge in [0, 0.05) is 0 Å². The molecule has 0 saturated carbocycles. The smallest absolute Gasteiger partial charge is 0.197 e. The Morgan fingerprint density at radius 1 is 1.38 bits per heavy atom. The van der Waals surface area contributed by atoms with Crippen LogP contribution in [-0.2, 0) is 0 Å². The van der Waals surface area contributed by atoms with Gasteiger partial charge in [0.15, 0.2) is 12.1 Å². The van der Waals surface area contributed by atoms with Crippen molar-refractivity contribution in [1.29, 1.82) is 0 Å². The molecule has 0 N–H and O–H groups in total. The monoisotopic (exact) mass is 219 g/mol. The molecule has 0 bridgehead atoms. The number of hydrogen-bond donors (Lipinski definition) is 0. The van der Waals surface area contributed by atoms with Gasteiger partial charge in [-0.05, 0) is 24.6 Å². The fraction of sp³-hybridized carbons (Fsp3) is 0.182. The first-order chi connectivity index (χ1) is 7.72. The van der Waals surface area contributed by atoms with Crippen molar-refractivity contribution in [3.63, 3.8) is 0 Å². The van der Waals surface area contributed by atoms with Crippen LogP contribution in [0.3, 0.4) is 0 Å². The summed E-state index contributed by atoms with van der Waals surface area (Å²) in [5.74, 6) is -0.0212. The maximum atomic E-state index is 12.8. The van der Waals surface area contributed by atoms with Crippen LogP contribution in [0, 0.1) is 5.82 Å². The zero-order chi connectivity index (χ0) is 11.5. The molecule has 0 aliphatic heterocycles. The second kappa shape index (κ2) is 4.22. The van der Waals surface area contributed by atoms with E-state index in [1.165, 1.54) is 18.5 Å². The highest BCUT2D eigenvalue weighted by Gasteiger charge is 2.12. The molecular formula is C11H10FN3O. The molecule has 0 aliphatic carbocycles. The van der Waals surface area contributed by atoms with Gasteiger partial charge in [0.05, 0.1) is 6.04 Å². The Morgan fingerprint density at radius 2 is 2.06 bits per heavy atom. The number of halogens is 1. The van der Waals surface area contributed by atoms with Gasteiger partial charge in [0.1, 0.15) is 12.1 Å². The van der Waals surface area contributed by atoms with E-state index in [-0.39, 0.29) is 17.7 Å². The fourth-order valence-electron chi connectivity index (χ4n) is 1.54. The second-order valence-electron chi connectivity index (χ2n) is 3.44. The van der Waals surface area contributed by atoms with Crippen molar-refractivity contribution in [2.75, 3.05) is 0 Å². The van der Waals surface area contributed by atoms with Crippen molar-refractivity contribution < 1.29 is 9.18 Å². The summed E-state index contributed by atoms with van der Waals surface area (Å²) < 4.78 is 14.4. The first-order valence-electron chi connectivity index (χ1n) is 4.82. The summed E-state index contributed by atoms with van der Waals surface area (Å²) in [6.07, 6.45) is 2.13. The molecule has 0 fully saturated rings. The largest absolute Gasteiger partial charge is 0.304 e. The summed E-state index contributed by atoms with van der Waals surface area (Å²) in [4.78, 5) is 10.7. The minimum absolute atomic E-state index is 0.101. The lowest BCUT2D eigenvalue weighted by Crippen LogP contribution is -2.09. The SMILES string of the molecule is CC(c1ccc(F)cc1)n1cnnc1C=O. The number of carbonyl (C=O) groups excluding carboxylic acids is 1. The second-order valence-corrected chi connectivity index (χ2v) is 3.44. The van der Waals surface area contributed by atoms with E-state index < -0.39 is 0 Å². The number of nitrogens with zero attached hydrogens (tertiary/aromatic N) is 3. The molecule has 0 spiro atoms. The molecule has 1 atom stereocenters. The van der Waals surface area contributed by atoms with Crippen LogP contribution < -0.4 is 0 Å². The van der Waals surface area contributed by atoms with Gasteiger partial charge in [0.25, 0.3) is 0 Å². The van der Waals surface area contributed by atoms with Crippen LogP contribution >= 0.6 is 0 Å². The third-order valence-corrected chi connectivity index (χ3v) is 2.48. The molecule has 1 unspecified atom stereocenters. The van der Waals surface area contributed by atoms with E-state index >= 15 is 0 Å². The van der Waals surface area contributed by atoms with Gasteiger partial charge in [-0.1, -0.05) is 12.1 Å². The summed E-state index contributed by atoms with van der Waals surface area (Å²) >= 11 is 0. The van der Waals surface area contributed by atoms with E-state index in [1.807, 2.05) is 6.92 Å². The van der Waals surface area contributed by atoms with E-state index in [4.69, 9.17) is 0 Å². The first kappa shape index (κ1) is 10.5. The van der Waals surface area contributed by atoms with Gasteiger partial charge < -0.3 is 4.57 Å². The highest BCUT2D eigenvalue weighted by Crippen LogP contribution is 2.18. The number of carbonyl (C=O) groups is 1. The highest BCUT2D eigenvalue weighted by atomic mass is 19.1. The predicted octanol–water partition coefficient (Wildman–Crippen LogP) is 1.84. The molecular weight excluding hydrogens is 209 g/mol. The van der Waals surface area contributed by atoms with E-state index in [2.05, 4.69) is 10.2 Å². The van der Waals surface area contributed by atoms with Crippen molar-refractivity contribution in [2.45, 2.75) is 13.0 Å². The van der Waals surface area contributed by atoms with Crippen LogP contribution in [0.5, 0.6) is 0 Å². The van der Waals surface area contributed by atoms with E-state index in [0.29, 0.717) is 6.29 Å². The van der Waals surface area contributed by atoms with Crippen LogP contribution in [0.4, 0.5) is 4.39 Å². The Hall–Kier alpha value is -2.04. The van der Waals surface area contributed by atoms with Gasteiger partial charge in [-0.3, -0.25) is 4.79 Å². The average Bonchev–Trinajstić information content (AvgIpc) is 2.77. The summed E-state index contributed by atoms with van der Waals surface area (Å²) in [5, 5.41) is 7.33. The topological polar surface area (TPSA) is 47.8 Å². The molecule has 5 heteroatoms. The fourth-order valence-corrected chi connectivity index (χ4v) is 1.54. The van der Waals surface area contributed by atoms with Crippen LogP contribution in [-0.4, -0.2) is 21.1 Å². The first-order valence-corrected chi connectivity index (χ1v) is 4.82. The van der Waals surface area contributed by atoms with Crippen molar-refractivity contribution in [3.05, 3.63) is 47.8 Å². The Labute approximate surface area is 91.7 Å². The molecule has 0 aliphatic rings. The van der Waals surface area contributed by atoms with Gasteiger partial charge in [-0.25, -0.2) is 4.39 Å². The maximum Gasteiger partial charge on any atom is 0.197 e. The molecule has 1 aromatic heterocycles. The Balaban J connectivity index is 2.35. The minimum Gasteiger partial charge on any atom is -0.304 e. The summed E-state index contributed by atoms with van der Waals surface area (Å²) in [7, 11) is 0. The molecule has 2 aromatic rings. The number of benzene rings is 1. The van der Waals surface area contributed by atoms with Crippen molar-refractivity contribution in [2.24, 2.45) is 0 Å². The zero-order valence-electron chi connectivity index (χ0n) is 8.67. The lowest BCUT2D eigenvalue weighted by Gasteiger charge is -2.13. The third kappa shape index (κ3) is 1.84. The molecule has 1 heterocycles. The van der Waals surface area contributed by atoms with E-state index in [1.54, 1.807) is 16.7 Å². The van der Waals surface area contributed by atoms with Crippen molar-refractivity contribution >= 4 is 6.29 Å². The van der Waals surface area contributed by atoms with Crippen LogP contribution in [0.25, 0.3) is 0 Å². The number of hydrogen-bond acceptors (Lipinski definition) is 3. The number of aromatic nitrogens is 3. The molecule has 4 nitrogen and oxygen atoms in total. The minimum atomic E-state index is -0.282. The van der Waals surface area contributed by atoms with Crippen LogP contribution in [0.2, 0.25) is 0 Å². The van der Waals surface area contributed by atoms with Crippen LogP contribution in [0.15, 0.2) is 30.6 Å². The molecule has 16 heavy (non-hydrogen) atoms. The molecule has 0 radical (unpaired) electrons. The van der Waals surface area contributed by atoms with Crippen molar-refractivity contribution in [1.82, 2.24) is 14.8 Å². The predicted molar refractivity (Wildman–Crippen MR) is 55.6 cm³/mol. The van der Waals surface area contributed by atoms with Gasteiger partial charge in [-0.2, -0.15) is 0 Å². The van der Waals surface area contributed by atoms with Gasteiger partial charge >= 0.3 is 0 Å². The van der Waals surface area contributed by atoms with Crippen LogP contribution in [0.1, 0.15) is 29.1 Å². The quantitative estimate of drug-likeness (QED) is 0.740. The molecule has 1 aromatic carbocycles. The molecule has 0 saturated heterocycles. The Kier molecular flexibility index (Phi) is 2.76. The van der Waals surface area contributed by atoms with E-state index in [9.17, 15) is 9.18 Å². The van der Waals surface area contributed by atoms with E-state index in [0.717, 1.165) is 5.56 Å². The Bertz CT molecular complexity index is 492. The average molecular weight is 219 g/mol.